The summed E-state index contributed by atoms with van der Waals surface area (Å²) in [5, 5.41) is 9.03. The maximum absolute atomic E-state index is 2.92. The molecule has 0 aliphatic heterocycles. The molecule has 0 nitrogen and oxygen atoms in total. The van der Waals surface area contributed by atoms with Crippen LogP contribution in [0, 0.1) is 0 Å². The van der Waals surface area contributed by atoms with E-state index in [9.17, 15) is 0 Å². The number of benzene rings is 5. The average molecular weight is 336 g/mol. The van der Waals surface area contributed by atoms with Gasteiger partial charge in [-0.25, -0.2) is 0 Å². The lowest BCUT2D eigenvalue weighted by molar-refractivity contribution is 1.72. The minimum absolute atomic E-state index is 1.24. The van der Waals surface area contributed by atoms with Gasteiger partial charge in [0.1, 0.15) is 0 Å². The molecule has 0 bridgehead atoms. The number of hydrogen-bond donors (Lipinski definition) is 0. The van der Waals surface area contributed by atoms with Crippen LogP contribution in [0.3, 0.4) is 0 Å². The molecule has 0 aromatic heterocycles. The normalized spacial score (nSPS) is 11.4. The molecule has 5 rings (SSSR count). The third-order valence-corrected chi connectivity index (χ3v) is 5.48. The first-order valence-corrected chi connectivity index (χ1v) is 9.09. The van der Waals surface area contributed by atoms with Crippen molar-refractivity contribution in [2.24, 2.45) is 0 Å². The third kappa shape index (κ3) is 2.26. The Labute approximate surface area is 149 Å². The Bertz CT molecular complexity index is 1250. The molecule has 0 heterocycles. The monoisotopic (exact) mass is 336 g/mol. The van der Waals surface area contributed by atoms with Crippen molar-refractivity contribution in [2.75, 3.05) is 0 Å². The standard InChI is InChI=1S/C24H17P/c25-23-14-13-16-7-1-4-10-19(16)24(23)22-15-17-8-2-3-9-18(17)20-11-5-6-12-21(20)22/h1-15H,25H2. The van der Waals surface area contributed by atoms with E-state index in [1.165, 1.54) is 48.7 Å². The first-order chi connectivity index (χ1) is 12.3. The van der Waals surface area contributed by atoms with Crippen LogP contribution in [0.15, 0.2) is 91.0 Å². The van der Waals surface area contributed by atoms with Crippen molar-refractivity contribution in [1.82, 2.24) is 0 Å². The molecule has 0 aliphatic rings. The summed E-state index contributed by atoms with van der Waals surface area (Å²) in [7, 11) is 2.92. The Morgan fingerprint density at radius 2 is 1.08 bits per heavy atom. The zero-order valence-corrected chi connectivity index (χ0v) is 14.9. The number of hydrogen-bond acceptors (Lipinski definition) is 0. The lowest BCUT2D eigenvalue weighted by atomic mass is 9.91. The second kappa shape index (κ2) is 5.69. The highest BCUT2D eigenvalue weighted by molar-refractivity contribution is 7.28. The quantitative estimate of drug-likeness (QED) is 0.248. The summed E-state index contributed by atoms with van der Waals surface area (Å²) >= 11 is 0. The van der Waals surface area contributed by atoms with Gasteiger partial charge in [-0.05, 0) is 54.8 Å². The van der Waals surface area contributed by atoms with E-state index in [1.54, 1.807) is 0 Å². The molecule has 1 heteroatoms. The largest absolute Gasteiger partial charge is 0.105 e. The Morgan fingerprint density at radius 1 is 0.480 bits per heavy atom. The maximum Gasteiger partial charge on any atom is -0.00272 e. The minimum Gasteiger partial charge on any atom is -0.105 e. The van der Waals surface area contributed by atoms with Crippen LogP contribution in [0.4, 0.5) is 0 Å². The molecule has 0 aliphatic carbocycles. The van der Waals surface area contributed by atoms with Gasteiger partial charge in [0.25, 0.3) is 0 Å². The third-order valence-electron chi connectivity index (χ3n) is 5.00. The van der Waals surface area contributed by atoms with Gasteiger partial charge in [-0.15, -0.1) is 9.24 Å². The zero-order valence-electron chi connectivity index (χ0n) is 13.7. The Kier molecular flexibility index (Phi) is 3.33. The molecule has 0 saturated heterocycles. The second-order valence-electron chi connectivity index (χ2n) is 6.44. The molecular weight excluding hydrogens is 319 g/mol. The molecule has 5 aromatic carbocycles. The van der Waals surface area contributed by atoms with E-state index in [4.69, 9.17) is 0 Å². The van der Waals surface area contributed by atoms with Crippen molar-refractivity contribution in [2.45, 2.75) is 0 Å². The summed E-state index contributed by atoms with van der Waals surface area (Å²) in [4.78, 5) is 0. The van der Waals surface area contributed by atoms with Gasteiger partial charge in [-0.3, -0.25) is 0 Å². The second-order valence-corrected chi connectivity index (χ2v) is 7.06. The van der Waals surface area contributed by atoms with E-state index in [0.717, 1.165) is 0 Å². The van der Waals surface area contributed by atoms with Gasteiger partial charge in [0.2, 0.25) is 0 Å². The molecule has 0 amide bonds. The van der Waals surface area contributed by atoms with E-state index in [2.05, 4.69) is 100 Å². The van der Waals surface area contributed by atoms with Crippen LogP contribution < -0.4 is 5.30 Å². The highest BCUT2D eigenvalue weighted by Gasteiger charge is 2.12. The fourth-order valence-electron chi connectivity index (χ4n) is 3.85. The smallest absolute Gasteiger partial charge is 0.00272 e. The summed E-state index contributed by atoms with van der Waals surface area (Å²) in [6.07, 6.45) is 0. The summed E-state index contributed by atoms with van der Waals surface area (Å²) < 4.78 is 0. The predicted molar refractivity (Wildman–Crippen MR) is 114 cm³/mol. The Morgan fingerprint density at radius 3 is 1.88 bits per heavy atom. The van der Waals surface area contributed by atoms with Gasteiger partial charge in [-0.2, -0.15) is 0 Å². The summed E-state index contributed by atoms with van der Waals surface area (Å²) in [5.74, 6) is 0. The van der Waals surface area contributed by atoms with Crippen molar-refractivity contribution in [1.29, 1.82) is 0 Å². The van der Waals surface area contributed by atoms with Crippen molar-refractivity contribution < 1.29 is 0 Å². The molecule has 118 valence electrons. The summed E-state index contributed by atoms with van der Waals surface area (Å²) in [5.41, 5.74) is 2.61. The van der Waals surface area contributed by atoms with Gasteiger partial charge < -0.3 is 0 Å². The predicted octanol–water partition coefficient (Wildman–Crippen LogP) is 6.31. The molecule has 25 heavy (non-hydrogen) atoms. The summed E-state index contributed by atoms with van der Waals surface area (Å²) in [6, 6.07) is 32.8. The molecule has 5 aromatic rings. The molecule has 0 saturated carbocycles. The van der Waals surface area contributed by atoms with E-state index in [1.807, 2.05) is 0 Å². The first-order valence-electron chi connectivity index (χ1n) is 8.51. The Hall–Kier alpha value is -2.69. The van der Waals surface area contributed by atoms with Crippen LogP contribution >= 0.6 is 9.24 Å². The van der Waals surface area contributed by atoms with Crippen LogP contribution in [0.25, 0.3) is 43.4 Å². The van der Waals surface area contributed by atoms with Crippen molar-refractivity contribution >= 4 is 46.9 Å². The topological polar surface area (TPSA) is 0 Å². The maximum atomic E-state index is 2.92. The highest BCUT2D eigenvalue weighted by atomic mass is 31.0. The fraction of sp³-hybridized carbons (Fsp3) is 0. The first kappa shape index (κ1) is 14.6. The van der Waals surface area contributed by atoms with Crippen molar-refractivity contribution in [3.63, 3.8) is 0 Å². The zero-order chi connectivity index (χ0) is 16.8. The molecular formula is C24H17P. The molecule has 1 unspecified atom stereocenters. The van der Waals surface area contributed by atoms with E-state index in [0.29, 0.717) is 0 Å². The SMILES string of the molecule is Pc1ccc2ccccc2c1-c1cc2ccccc2c2ccccc12. The lowest BCUT2D eigenvalue weighted by Gasteiger charge is -2.15. The fourth-order valence-corrected chi connectivity index (χ4v) is 4.26. The summed E-state index contributed by atoms with van der Waals surface area (Å²) in [6.45, 7) is 0. The van der Waals surface area contributed by atoms with Gasteiger partial charge in [0, 0.05) is 0 Å². The molecule has 0 radical (unpaired) electrons. The molecule has 0 N–H and O–H groups in total. The van der Waals surface area contributed by atoms with Crippen LogP contribution in [0.5, 0.6) is 0 Å². The number of rotatable bonds is 1. The van der Waals surface area contributed by atoms with E-state index in [-0.39, 0.29) is 0 Å². The van der Waals surface area contributed by atoms with Gasteiger partial charge in [0.15, 0.2) is 0 Å². The number of fused-ring (bicyclic) bond motifs is 4. The van der Waals surface area contributed by atoms with Crippen LogP contribution in [0.2, 0.25) is 0 Å². The average Bonchev–Trinajstić information content (AvgIpc) is 2.67. The molecule has 0 fully saturated rings. The molecule has 1 atom stereocenters. The van der Waals surface area contributed by atoms with Crippen molar-refractivity contribution in [3.8, 4) is 11.1 Å². The van der Waals surface area contributed by atoms with Crippen molar-refractivity contribution in [3.05, 3.63) is 91.0 Å². The van der Waals surface area contributed by atoms with Crippen LogP contribution in [0.1, 0.15) is 0 Å². The highest BCUT2D eigenvalue weighted by Crippen LogP contribution is 2.37. The van der Waals surface area contributed by atoms with Gasteiger partial charge >= 0.3 is 0 Å². The van der Waals surface area contributed by atoms with Gasteiger partial charge in [0.05, 0.1) is 0 Å². The van der Waals surface area contributed by atoms with E-state index >= 15 is 0 Å². The minimum atomic E-state index is 1.24. The Balaban J connectivity index is 2.01. The van der Waals surface area contributed by atoms with Crippen LogP contribution in [-0.4, -0.2) is 0 Å². The van der Waals surface area contributed by atoms with Gasteiger partial charge in [-0.1, -0.05) is 84.9 Å². The van der Waals surface area contributed by atoms with Crippen LogP contribution in [-0.2, 0) is 0 Å². The molecule has 0 spiro atoms. The lowest BCUT2D eigenvalue weighted by Crippen LogP contribution is -1.98. The van der Waals surface area contributed by atoms with E-state index < -0.39 is 0 Å².